The first-order valence-electron chi connectivity index (χ1n) is 25.3. The van der Waals surface area contributed by atoms with Crippen molar-refractivity contribution >= 4 is 18.0 Å². The van der Waals surface area contributed by atoms with Crippen LogP contribution in [0, 0.1) is 5.92 Å². The lowest BCUT2D eigenvalue weighted by Crippen LogP contribution is -2.31. The fraction of sp³-hybridized carbons (Fsp3) is 0.788. The van der Waals surface area contributed by atoms with Crippen LogP contribution in [0.5, 0.6) is 0 Å². The van der Waals surface area contributed by atoms with E-state index in [2.05, 4.69) is 79.8 Å². The number of allylic oxidation sites excluding steroid dienone is 6. The summed E-state index contributed by atoms with van der Waals surface area (Å²) in [6.45, 7) is 9.06. The van der Waals surface area contributed by atoms with Crippen LogP contribution in [0.15, 0.2) is 48.9 Å². The topological polar surface area (TPSA) is 113 Å². The number of carbonyl (C=O) groups excluding carboxylic acids is 3. The summed E-state index contributed by atoms with van der Waals surface area (Å²) in [4.78, 5) is 40.4. The van der Waals surface area contributed by atoms with Gasteiger partial charge >= 0.3 is 18.0 Å². The van der Waals surface area contributed by atoms with E-state index < -0.39 is 18.3 Å². The third kappa shape index (κ3) is 38.6. The summed E-state index contributed by atoms with van der Waals surface area (Å²) < 4.78 is 29.0. The Balaban J connectivity index is 2.54. The van der Waals surface area contributed by atoms with Crippen LogP contribution < -0.4 is 5.32 Å². The minimum atomic E-state index is -0.549. The maximum absolute atomic E-state index is 13.0. The molecule has 10 heteroatoms. The third-order valence-electron chi connectivity index (χ3n) is 10.9. The van der Waals surface area contributed by atoms with E-state index in [9.17, 15) is 14.4 Å². The number of amides is 1. The van der Waals surface area contributed by atoms with Crippen molar-refractivity contribution < 1.29 is 38.1 Å². The average Bonchev–Trinajstić information content (AvgIpc) is 3.56. The summed E-state index contributed by atoms with van der Waals surface area (Å²) in [6.07, 6.45) is 46.5. The molecule has 0 bridgehead atoms. The van der Waals surface area contributed by atoms with E-state index >= 15 is 0 Å². The minimum absolute atomic E-state index is 0.00134. The van der Waals surface area contributed by atoms with Gasteiger partial charge in [-0.15, -0.1) is 0 Å². The summed E-state index contributed by atoms with van der Waals surface area (Å²) in [5.41, 5.74) is 0. The molecule has 62 heavy (non-hydrogen) atoms. The van der Waals surface area contributed by atoms with Crippen molar-refractivity contribution in [3.63, 3.8) is 0 Å². The number of nitrogens with one attached hydrogen (secondary N) is 1. The molecule has 0 aliphatic carbocycles. The molecule has 358 valence electrons. The van der Waals surface area contributed by atoms with Crippen molar-refractivity contribution in [3.05, 3.63) is 48.9 Å². The number of hydrogen-bond donors (Lipinski definition) is 1. The molecule has 1 unspecified atom stereocenters. The second-order valence-corrected chi connectivity index (χ2v) is 16.9. The van der Waals surface area contributed by atoms with Crippen LogP contribution in [-0.4, -0.2) is 75.3 Å². The van der Waals surface area contributed by atoms with Crippen LogP contribution in [0.2, 0.25) is 0 Å². The molecule has 1 heterocycles. The number of rotatable bonds is 43. The number of carbonyl (C=O) groups is 3. The molecule has 1 aliphatic rings. The summed E-state index contributed by atoms with van der Waals surface area (Å²) in [6, 6.07) is 0. The molecule has 1 amide bonds. The van der Waals surface area contributed by atoms with Crippen molar-refractivity contribution in [3.8, 4) is 0 Å². The third-order valence-corrected chi connectivity index (χ3v) is 10.9. The zero-order valence-electron chi connectivity index (χ0n) is 39.9. The number of unbranched alkanes of at least 4 members (excludes halogenated alkanes) is 18. The van der Waals surface area contributed by atoms with E-state index in [0.29, 0.717) is 32.6 Å². The molecule has 0 radical (unpaired) electrons. The fourth-order valence-electron chi connectivity index (χ4n) is 6.94. The first-order valence-corrected chi connectivity index (χ1v) is 25.3. The van der Waals surface area contributed by atoms with Gasteiger partial charge in [0.05, 0.1) is 12.3 Å². The van der Waals surface area contributed by atoms with Gasteiger partial charge in [0.2, 0.25) is 0 Å². The number of ether oxygens (including phenoxy) is 5. The highest BCUT2D eigenvalue weighted by molar-refractivity contribution is 5.70. The predicted molar refractivity (Wildman–Crippen MR) is 255 cm³/mol. The van der Waals surface area contributed by atoms with E-state index in [1.807, 2.05) is 0 Å². The highest BCUT2D eigenvalue weighted by Gasteiger charge is 2.19. The smallest absolute Gasteiger partial charge is 0.407 e. The lowest BCUT2D eigenvalue weighted by Gasteiger charge is -2.20. The van der Waals surface area contributed by atoms with E-state index in [-0.39, 0.29) is 38.2 Å². The fourth-order valence-corrected chi connectivity index (χ4v) is 6.94. The molecule has 1 aliphatic heterocycles. The van der Waals surface area contributed by atoms with Crippen molar-refractivity contribution in [2.75, 3.05) is 46.1 Å². The van der Waals surface area contributed by atoms with Crippen molar-refractivity contribution in [1.82, 2.24) is 10.2 Å². The molecule has 0 saturated carbocycles. The average molecular weight is 873 g/mol. The number of esters is 2. The van der Waals surface area contributed by atoms with Gasteiger partial charge in [-0.05, 0) is 83.0 Å². The molecule has 0 spiro atoms. The highest BCUT2D eigenvalue weighted by Crippen LogP contribution is 2.14. The maximum Gasteiger partial charge on any atom is 0.407 e. The van der Waals surface area contributed by atoms with Crippen LogP contribution in [-0.2, 0) is 33.3 Å². The number of hydrogen-bond acceptors (Lipinski definition) is 9. The molecule has 1 N–H and O–H groups in total. The first kappa shape index (κ1) is 56.9. The molecule has 0 saturated heterocycles. The van der Waals surface area contributed by atoms with Crippen LogP contribution >= 0.6 is 0 Å². The van der Waals surface area contributed by atoms with Gasteiger partial charge in [0, 0.05) is 39.1 Å². The lowest BCUT2D eigenvalue weighted by molar-refractivity contribution is -0.161. The van der Waals surface area contributed by atoms with E-state index in [0.717, 1.165) is 96.4 Å². The van der Waals surface area contributed by atoms with Gasteiger partial charge in [-0.25, -0.2) is 4.79 Å². The Morgan fingerprint density at radius 2 is 1.05 bits per heavy atom. The Hall–Kier alpha value is -3.11. The van der Waals surface area contributed by atoms with Gasteiger partial charge in [-0.1, -0.05) is 154 Å². The standard InChI is InChI=1S/C52H92N2O8/c1-4-7-10-13-16-17-18-19-20-21-22-23-24-25-30-36-49(55)60-45-48(47-62-52(57)53-39-35-42-54-40-31-26-27-32-41-54)46-61-50(56)37-38-51(58-43-33-28-14-11-8-5-2)59-44-34-29-15-12-9-6-3/h16-17,19-20,31-32,40-41,48,51H,4-15,18,21-30,33-39,42-47H2,1-3H3,(H,53,57)/b17-16-,20-19-. The largest absolute Gasteiger partial charge is 0.465 e. The SMILES string of the molecule is CCCCC/C=C\C/C=C\CCCCCCCC(=O)OCC(COC(=O)CCC(OCCCCCCCC)OCCCCCCCC)COC(=O)NCCCN1C=CCCC=C1. The molecular formula is C52H92N2O8. The van der Waals surface area contributed by atoms with Crippen LogP contribution in [0.25, 0.3) is 0 Å². The van der Waals surface area contributed by atoms with Crippen LogP contribution in [0.1, 0.15) is 207 Å². The lowest BCUT2D eigenvalue weighted by atomic mass is 10.1. The molecule has 0 aromatic heterocycles. The molecule has 1 rings (SSSR count). The molecule has 0 fully saturated rings. The number of nitrogens with zero attached hydrogens (tertiary/aromatic N) is 1. The molecule has 10 nitrogen and oxygen atoms in total. The second kappa shape index (κ2) is 44.5. The Morgan fingerprint density at radius 1 is 0.565 bits per heavy atom. The Morgan fingerprint density at radius 3 is 1.65 bits per heavy atom. The van der Waals surface area contributed by atoms with Gasteiger partial charge in [0.15, 0.2) is 6.29 Å². The number of alkyl carbamates (subject to hydrolysis) is 1. The minimum Gasteiger partial charge on any atom is -0.465 e. The van der Waals surface area contributed by atoms with Crippen LogP contribution in [0.4, 0.5) is 4.79 Å². The Labute approximate surface area is 379 Å². The Bertz CT molecular complexity index is 1140. The zero-order valence-corrected chi connectivity index (χ0v) is 39.9. The van der Waals surface area contributed by atoms with Gasteiger partial charge in [-0.3, -0.25) is 9.59 Å². The van der Waals surface area contributed by atoms with Crippen molar-refractivity contribution in [1.29, 1.82) is 0 Å². The van der Waals surface area contributed by atoms with Gasteiger partial charge in [-0.2, -0.15) is 0 Å². The summed E-state index contributed by atoms with van der Waals surface area (Å²) in [7, 11) is 0. The van der Waals surface area contributed by atoms with Gasteiger partial charge < -0.3 is 33.9 Å². The van der Waals surface area contributed by atoms with Crippen molar-refractivity contribution in [2.45, 2.75) is 213 Å². The maximum atomic E-state index is 13.0. The van der Waals surface area contributed by atoms with Crippen LogP contribution in [0.3, 0.4) is 0 Å². The van der Waals surface area contributed by atoms with E-state index in [1.165, 1.54) is 77.0 Å². The monoisotopic (exact) mass is 873 g/mol. The zero-order chi connectivity index (χ0) is 44.8. The van der Waals surface area contributed by atoms with E-state index in [1.54, 1.807) is 0 Å². The van der Waals surface area contributed by atoms with Gasteiger partial charge in [0.25, 0.3) is 0 Å². The normalized spacial score (nSPS) is 13.3. The molecule has 1 atom stereocenters. The van der Waals surface area contributed by atoms with E-state index in [4.69, 9.17) is 23.7 Å². The summed E-state index contributed by atoms with van der Waals surface area (Å²) in [5.74, 6) is -1.17. The molecule has 0 aromatic rings. The first-order chi connectivity index (χ1) is 30.5. The highest BCUT2D eigenvalue weighted by atomic mass is 16.7. The van der Waals surface area contributed by atoms with Crippen molar-refractivity contribution in [2.24, 2.45) is 5.92 Å². The summed E-state index contributed by atoms with van der Waals surface area (Å²) in [5, 5.41) is 2.81. The quantitative estimate of drug-likeness (QED) is 0.0210. The second-order valence-electron chi connectivity index (χ2n) is 16.9. The molecule has 0 aromatic carbocycles. The predicted octanol–water partition coefficient (Wildman–Crippen LogP) is 13.6. The molecular weight excluding hydrogens is 781 g/mol. The summed E-state index contributed by atoms with van der Waals surface area (Å²) >= 11 is 0. The van der Waals surface area contributed by atoms with Gasteiger partial charge in [0.1, 0.15) is 19.8 Å². The Kier molecular flexibility index (Phi) is 40.8.